The Kier molecular flexibility index (Phi) is 5.07. The average Bonchev–Trinajstić information content (AvgIpc) is 2.78. The molecular weight excluding hydrogens is 200 g/mol. The molecule has 94 valence electrons. The van der Waals surface area contributed by atoms with E-state index in [9.17, 15) is 5.11 Å². The first-order chi connectivity index (χ1) is 7.90. The standard InChI is InChI=1S/C13H26N2O/c16-10-13-5-1-4-12(13)9-15-8-11-3-2-6-14-7-11/h11-16H,1-10H2. The molecule has 3 heteroatoms. The Morgan fingerprint density at radius 1 is 1.06 bits per heavy atom. The number of aliphatic hydroxyl groups excluding tert-OH is 1. The van der Waals surface area contributed by atoms with E-state index in [-0.39, 0.29) is 0 Å². The first-order valence-electron chi connectivity index (χ1n) is 6.92. The largest absolute Gasteiger partial charge is 0.396 e. The lowest BCUT2D eigenvalue weighted by molar-refractivity contribution is 0.191. The maximum atomic E-state index is 9.25. The Labute approximate surface area is 99.0 Å². The maximum absolute atomic E-state index is 9.25. The molecule has 16 heavy (non-hydrogen) atoms. The van der Waals surface area contributed by atoms with Crippen LogP contribution in [-0.4, -0.2) is 37.9 Å². The predicted octanol–water partition coefficient (Wildman–Crippen LogP) is 0.984. The molecule has 1 aliphatic carbocycles. The van der Waals surface area contributed by atoms with Gasteiger partial charge in [0.2, 0.25) is 0 Å². The van der Waals surface area contributed by atoms with E-state index in [1.165, 1.54) is 45.2 Å². The molecule has 0 radical (unpaired) electrons. The van der Waals surface area contributed by atoms with Gasteiger partial charge in [-0.15, -0.1) is 0 Å². The summed E-state index contributed by atoms with van der Waals surface area (Å²) in [5.74, 6) is 2.11. The zero-order valence-corrected chi connectivity index (χ0v) is 10.3. The van der Waals surface area contributed by atoms with Crippen molar-refractivity contribution in [2.75, 3.05) is 32.8 Å². The highest BCUT2D eigenvalue weighted by atomic mass is 16.3. The quantitative estimate of drug-likeness (QED) is 0.655. The fourth-order valence-corrected chi connectivity index (χ4v) is 3.19. The summed E-state index contributed by atoms with van der Waals surface area (Å²) in [7, 11) is 0. The van der Waals surface area contributed by atoms with Crippen molar-refractivity contribution < 1.29 is 5.11 Å². The smallest absolute Gasteiger partial charge is 0.0462 e. The van der Waals surface area contributed by atoms with Gasteiger partial charge in [-0.1, -0.05) is 6.42 Å². The van der Waals surface area contributed by atoms with Crippen LogP contribution in [0.15, 0.2) is 0 Å². The molecule has 2 fully saturated rings. The van der Waals surface area contributed by atoms with E-state index in [1.54, 1.807) is 0 Å². The number of rotatable bonds is 5. The van der Waals surface area contributed by atoms with Gasteiger partial charge in [0.25, 0.3) is 0 Å². The third-order valence-corrected chi connectivity index (χ3v) is 4.29. The average molecular weight is 226 g/mol. The van der Waals surface area contributed by atoms with Crippen LogP contribution in [0.4, 0.5) is 0 Å². The second-order valence-corrected chi connectivity index (χ2v) is 5.50. The van der Waals surface area contributed by atoms with Crippen molar-refractivity contribution >= 4 is 0 Å². The van der Waals surface area contributed by atoms with E-state index in [1.807, 2.05) is 0 Å². The maximum Gasteiger partial charge on any atom is 0.0462 e. The van der Waals surface area contributed by atoms with Crippen molar-refractivity contribution in [2.24, 2.45) is 17.8 Å². The highest BCUT2D eigenvalue weighted by Gasteiger charge is 2.26. The Balaban J connectivity index is 1.59. The van der Waals surface area contributed by atoms with E-state index in [4.69, 9.17) is 0 Å². The lowest BCUT2D eigenvalue weighted by atomic mass is 9.96. The summed E-state index contributed by atoms with van der Waals surface area (Å²) in [5.41, 5.74) is 0. The molecule has 3 unspecified atom stereocenters. The van der Waals surface area contributed by atoms with Gasteiger partial charge in [-0.2, -0.15) is 0 Å². The molecule has 2 aliphatic rings. The second kappa shape index (κ2) is 6.58. The van der Waals surface area contributed by atoms with Crippen LogP contribution in [0.1, 0.15) is 32.1 Å². The van der Waals surface area contributed by atoms with E-state index >= 15 is 0 Å². The van der Waals surface area contributed by atoms with Gasteiger partial charge >= 0.3 is 0 Å². The van der Waals surface area contributed by atoms with Crippen LogP contribution in [0, 0.1) is 17.8 Å². The summed E-state index contributed by atoms with van der Waals surface area (Å²) in [5, 5.41) is 16.3. The minimum Gasteiger partial charge on any atom is -0.396 e. The Bertz CT molecular complexity index is 192. The molecule has 3 N–H and O–H groups in total. The zero-order chi connectivity index (χ0) is 11.2. The van der Waals surface area contributed by atoms with E-state index < -0.39 is 0 Å². The Morgan fingerprint density at radius 3 is 2.69 bits per heavy atom. The second-order valence-electron chi connectivity index (χ2n) is 5.50. The predicted molar refractivity (Wildman–Crippen MR) is 66.4 cm³/mol. The zero-order valence-electron chi connectivity index (χ0n) is 10.3. The van der Waals surface area contributed by atoms with Gasteiger partial charge in [0, 0.05) is 6.61 Å². The summed E-state index contributed by atoms with van der Waals surface area (Å²) in [6, 6.07) is 0. The lowest BCUT2D eigenvalue weighted by Crippen LogP contribution is -2.38. The van der Waals surface area contributed by atoms with Gasteiger partial charge in [-0.05, 0) is 69.6 Å². The van der Waals surface area contributed by atoms with Crippen LogP contribution < -0.4 is 10.6 Å². The van der Waals surface area contributed by atoms with Gasteiger partial charge in [-0.25, -0.2) is 0 Å². The van der Waals surface area contributed by atoms with Crippen molar-refractivity contribution in [3.63, 3.8) is 0 Å². The number of hydrogen-bond donors (Lipinski definition) is 3. The molecule has 1 aliphatic heterocycles. The molecular formula is C13H26N2O. The topological polar surface area (TPSA) is 44.3 Å². The van der Waals surface area contributed by atoms with Crippen molar-refractivity contribution in [3.05, 3.63) is 0 Å². The number of nitrogens with one attached hydrogen (secondary N) is 2. The fourth-order valence-electron chi connectivity index (χ4n) is 3.19. The highest BCUT2D eigenvalue weighted by Crippen LogP contribution is 2.30. The molecule has 2 rings (SSSR count). The molecule has 1 saturated heterocycles. The molecule has 0 amide bonds. The third kappa shape index (κ3) is 3.44. The van der Waals surface area contributed by atoms with Crippen molar-refractivity contribution in [3.8, 4) is 0 Å². The monoisotopic (exact) mass is 226 g/mol. The molecule has 3 nitrogen and oxygen atoms in total. The van der Waals surface area contributed by atoms with Crippen molar-refractivity contribution in [1.29, 1.82) is 0 Å². The Hall–Kier alpha value is -0.120. The first kappa shape index (κ1) is 12.3. The molecule has 0 aromatic rings. The minimum absolute atomic E-state index is 0.386. The normalized spacial score (nSPS) is 35.4. The van der Waals surface area contributed by atoms with Crippen LogP contribution in [0.3, 0.4) is 0 Å². The summed E-state index contributed by atoms with van der Waals surface area (Å²) in [6.07, 6.45) is 6.54. The SMILES string of the molecule is OCC1CCCC1CNCC1CCCNC1. The lowest BCUT2D eigenvalue weighted by Gasteiger charge is -2.24. The van der Waals surface area contributed by atoms with Gasteiger partial charge in [0.15, 0.2) is 0 Å². The van der Waals surface area contributed by atoms with Crippen LogP contribution >= 0.6 is 0 Å². The Morgan fingerprint density at radius 2 is 1.94 bits per heavy atom. The molecule has 0 aromatic heterocycles. The van der Waals surface area contributed by atoms with Gasteiger partial charge in [0.1, 0.15) is 0 Å². The van der Waals surface area contributed by atoms with Gasteiger partial charge in [-0.3, -0.25) is 0 Å². The van der Waals surface area contributed by atoms with Crippen LogP contribution in [0.25, 0.3) is 0 Å². The summed E-state index contributed by atoms with van der Waals surface area (Å²) in [4.78, 5) is 0. The van der Waals surface area contributed by atoms with E-state index in [0.29, 0.717) is 12.5 Å². The van der Waals surface area contributed by atoms with Gasteiger partial charge in [0.05, 0.1) is 0 Å². The summed E-state index contributed by atoms with van der Waals surface area (Å²) in [6.45, 7) is 5.04. The minimum atomic E-state index is 0.386. The fraction of sp³-hybridized carbons (Fsp3) is 1.00. The molecule has 0 bridgehead atoms. The highest BCUT2D eigenvalue weighted by molar-refractivity contribution is 4.79. The van der Waals surface area contributed by atoms with E-state index in [2.05, 4.69) is 10.6 Å². The van der Waals surface area contributed by atoms with Crippen LogP contribution in [0.5, 0.6) is 0 Å². The number of piperidine rings is 1. The van der Waals surface area contributed by atoms with Crippen LogP contribution in [-0.2, 0) is 0 Å². The summed E-state index contributed by atoms with van der Waals surface area (Å²) >= 11 is 0. The molecule has 3 atom stereocenters. The molecule has 1 heterocycles. The number of hydrogen-bond acceptors (Lipinski definition) is 3. The number of aliphatic hydroxyl groups is 1. The van der Waals surface area contributed by atoms with Crippen LogP contribution in [0.2, 0.25) is 0 Å². The molecule has 1 saturated carbocycles. The molecule has 0 aromatic carbocycles. The van der Waals surface area contributed by atoms with Gasteiger partial charge < -0.3 is 15.7 Å². The van der Waals surface area contributed by atoms with Crippen molar-refractivity contribution in [1.82, 2.24) is 10.6 Å². The third-order valence-electron chi connectivity index (χ3n) is 4.29. The van der Waals surface area contributed by atoms with Crippen molar-refractivity contribution in [2.45, 2.75) is 32.1 Å². The summed E-state index contributed by atoms with van der Waals surface area (Å²) < 4.78 is 0. The van der Waals surface area contributed by atoms with E-state index in [0.717, 1.165) is 24.9 Å². The first-order valence-corrected chi connectivity index (χ1v) is 6.92. The molecule has 0 spiro atoms.